The minimum Gasteiger partial charge on any atom is -0.310 e. The van der Waals surface area contributed by atoms with Crippen LogP contribution in [-0.4, -0.2) is 5.71 Å². The highest BCUT2D eigenvalue weighted by molar-refractivity contribution is 5.97. The Morgan fingerprint density at radius 3 is 1.72 bits per heavy atom. The summed E-state index contributed by atoms with van der Waals surface area (Å²) in [5.41, 5.74) is 7.77. The summed E-state index contributed by atoms with van der Waals surface area (Å²) in [6, 6.07) is 25.6. The van der Waals surface area contributed by atoms with Gasteiger partial charge in [0.1, 0.15) is 0 Å². The van der Waals surface area contributed by atoms with Crippen LogP contribution in [0.4, 0.5) is 17.1 Å². The smallest absolute Gasteiger partial charge is 0.0502 e. The van der Waals surface area contributed by atoms with E-state index in [0.717, 1.165) is 11.3 Å². The molecule has 3 aromatic carbocycles. The van der Waals surface area contributed by atoms with Gasteiger partial charge >= 0.3 is 0 Å². The van der Waals surface area contributed by atoms with E-state index in [1.165, 1.54) is 22.5 Å². The van der Waals surface area contributed by atoms with Crippen LogP contribution in [-0.2, 0) is 5.41 Å². The molecule has 1 N–H and O–H groups in total. The Hall–Kier alpha value is -2.87. The summed E-state index contributed by atoms with van der Waals surface area (Å²) in [6.45, 7) is 6.41. The summed E-state index contributed by atoms with van der Waals surface area (Å²) in [6.07, 6.45) is 0. The molecule has 25 heavy (non-hydrogen) atoms. The van der Waals surface area contributed by atoms with Crippen molar-refractivity contribution in [2.75, 3.05) is 4.90 Å². The zero-order valence-electron chi connectivity index (χ0n) is 14.9. The van der Waals surface area contributed by atoms with Gasteiger partial charge in [0.2, 0.25) is 0 Å². The molecule has 1 aliphatic heterocycles. The Labute approximate surface area is 149 Å². The van der Waals surface area contributed by atoms with Crippen LogP contribution in [0.25, 0.3) is 0 Å². The first-order valence-electron chi connectivity index (χ1n) is 8.65. The zero-order chi connectivity index (χ0) is 17.6. The van der Waals surface area contributed by atoms with E-state index in [1.807, 2.05) is 19.1 Å². The zero-order valence-corrected chi connectivity index (χ0v) is 14.9. The molecule has 4 rings (SSSR count). The van der Waals surface area contributed by atoms with Crippen molar-refractivity contribution in [1.29, 1.82) is 5.41 Å². The molecule has 0 atom stereocenters. The molecule has 0 spiro atoms. The minimum atomic E-state index is -0.0326. The van der Waals surface area contributed by atoms with E-state index in [9.17, 15) is 0 Å². The summed E-state index contributed by atoms with van der Waals surface area (Å²) in [7, 11) is 0. The number of nitrogens with one attached hydrogen (secondary N) is 1. The van der Waals surface area contributed by atoms with Crippen molar-refractivity contribution < 1.29 is 0 Å². The molecule has 124 valence electrons. The van der Waals surface area contributed by atoms with E-state index >= 15 is 0 Å². The molecule has 0 bridgehead atoms. The molecule has 1 heterocycles. The van der Waals surface area contributed by atoms with Gasteiger partial charge in [0, 0.05) is 16.8 Å². The van der Waals surface area contributed by atoms with Crippen LogP contribution in [0.15, 0.2) is 72.8 Å². The number of benzene rings is 3. The normalized spacial score (nSPS) is 14.6. The van der Waals surface area contributed by atoms with E-state index in [4.69, 9.17) is 5.41 Å². The summed E-state index contributed by atoms with van der Waals surface area (Å²) in [5, 5.41) is 7.82. The van der Waals surface area contributed by atoms with Crippen LogP contribution in [0.5, 0.6) is 0 Å². The van der Waals surface area contributed by atoms with Crippen LogP contribution in [0.1, 0.15) is 37.5 Å². The van der Waals surface area contributed by atoms with Gasteiger partial charge in [-0.3, -0.25) is 0 Å². The maximum absolute atomic E-state index is 7.82. The number of rotatable bonds is 2. The molecule has 0 aromatic heterocycles. The lowest BCUT2D eigenvalue weighted by Crippen LogP contribution is -2.30. The molecule has 0 saturated carbocycles. The van der Waals surface area contributed by atoms with E-state index in [2.05, 4.69) is 79.4 Å². The number of para-hydroxylation sites is 2. The molecular formula is C23H22N2. The fraction of sp³-hybridized carbons (Fsp3) is 0.174. The van der Waals surface area contributed by atoms with Crippen LogP contribution in [0.2, 0.25) is 0 Å². The van der Waals surface area contributed by atoms with Gasteiger partial charge in [-0.25, -0.2) is 0 Å². The summed E-state index contributed by atoms with van der Waals surface area (Å²) in [5.74, 6) is 0. The van der Waals surface area contributed by atoms with Gasteiger partial charge < -0.3 is 10.3 Å². The SMILES string of the molecule is CC(=N)c1ccc(N2c3ccccc3C(C)(C)c3ccccc32)cc1. The first-order chi connectivity index (χ1) is 12.0. The topological polar surface area (TPSA) is 27.1 Å². The standard InChI is InChI=1S/C23H22N2/c1-16(24)17-12-14-18(15-13-17)25-21-10-6-4-8-19(21)23(2,3)20-9-5-7-11-22(20)25/h4-15,24H,1-3H3. The highest BCUT2D eigenvalue weighted by Crippen LogP contribution is 2.51. The monoisotopic (exact) mass is 326 g/mol. The van der Waals surface area contributed by atoms with Crippen molar-refractivity contribution >= 4 is 22.8 Å². The first kappa shape index (κ1) is 15.6. The third kappa shape index (κ3) is 2.37. The van der Waals surface area contributed by atoms with E-state index in [0.29, 0.717) is 5.71 Å². The van der Waals surface area contributed by atoms with Gasteiger partial charge in [-0.05, 0) is 47.9 Å². The lowest BCUT2D eigenvalue weighted by Gasteiger charge is -2.42. The largest absolute Gasteiger partial charge is 0.310 e. The third-order valence-electron chi connectivity index (χ3n) is 5.20. The molecule has 0 radical (unpaired) electrons. The van der Waals surface area contributed by atoms with Crippen molar-refractivity contribution in [2.45, 2.75) is 26.2 Å². The van der Waals surface area contributed by atoms with Crippen LogP contribution in [0.3, 0.4) is 0 Å². The van der Waals surface area contributed by atoms with Crippen molar-refractivity contribution in [2.24, 2.45) is 0 Å². The minimum absolute atomic E-state index is 0.0326. The Bertz CT molecular complexity index is 902. The Balaban J connectivity index is 1.96. The lowest BCUT2D eigenvalue weighted by atomic mass is 9.73. The molecule has 3 aromatic rings. The van der Waals surface area contributed by atoms with Crippen molar-refractivity contribution in [1.82, 2.24) is 0 Å². The molecule has 0 fully saturated rings. The summed E-state index contributed by atoms with van der Waals surface area (Å²) < 4.78 is 0. The Morgan fingerprint density at radius 1 is 0.760 bits per heavy atom. The molecular weight excluding hydrogens is 304 g/mol. The number of hydrogen-bond acceptors (Lipinski definition) is 2. The van der Waals surface area contributed by atoms with Crippen molar-refractivity contribution in [3.8, 4) is 0 Å². The molecule has 0 aliphatic carbocycles. The van der Waals surface area contributed by atoms with E-state index < -0.39 is 0 Å². The molecule has 0 amide bonds. The third-order valence-corrected chi connectivity index (χ3v) is 5.20. The maximum atomic E-state index is 7.82. The lowest BCUT2D eigenvalue weighted by molar-refractivity contribution is 0.632. The second-order valence-corrected chi connectivity index (χ2v) is 7.17. The van der Waals surface area contributed by atoms with Crippen molar-refractivity contribution in [3.05, 3.63) is 89.5 Å². The fourth-order valence-electron chi connectivity index (χ4n) is 3.81. The van der Waals surface area contributed by atoms with E-state index in [1.54, 1.807) is 0 Å². The quantitative estimate of drug-likeness (QED) is 0.559. The fourth-order valence-corrected chi connectivity index (χ4v) is 3.81. The van der Waals surface area contributed by atoms with Gasteiger partial charge in [-0.2, -0.15) is 0 Å². The van der Waals surface area contributed by atoms with Gasteiger partial charge in [0.25, 0.3) is 0 Å². The second kappa shape index (κ2) is 5.59. The van der Waals surface area contributed by atoms with Gasteiger partial charge in [0.15, 0.2) is 0 Å². The Morgan fingerprint density at radius 2 is 1.24 bits per heavy atom. The van der Waals surface area contributed by atoms with E-state index in [-0.39, 0.29) is 5.41 Å². The molecule has 2 heteroatoms. The number of hydrogen-bond donors (Lipinski definition) is 1. The number of nitrogens with zero attached hydrogens (tertiary/aromatic N) is 1. The number of fused-ring (bicyclic) bond motifs is 2. The summed E-state index contributed by atoms with van der Waals surface area (Å²) in [4.78, 5) is 2.33. The highest BCUT2D eigenvalue weighted by atomic mass is 15.2. The molecule has 1 aliphatic rings. The molecule has 0 unspecified atom stereocenters. The predicted octanol–water partition coefficient (Wildman–Crippen LogP) is 6.18. The summed E-state index contributed by atoms with van der Waals surface area (Å²) >= 11 is 0. The number of anilines is 3. The maximum Gasteiger partial charge on any atom is 0.0502 e. The Kier molecular flexibility index (Phi) is 3.50. The predicted molar refractivity (Wildman–Crippen MR) is 106 cm³/mol. The van der Waals surface area contributed by atoms with Crippen LogP contribution >= 0.6 is 0 Å². The molecule has 2 nitrogen and oxygen atoms in total. The average Bonchev–Trinajstić information content (AvgIpc) is 2.62. The van der Waals surface area contributed by atoms with Gasteiger partial charge in [-0.15, -0.1) is 0 Å². The van der Waals surface area contributed by atoms with Crippen LogP contribution in [0, 0.1) is 5.41 Å². The first-order valence-corrected chi connectivity index (χ1v) is 8.65. The highest BCUT2D eigenvalue weighted by Gasteiger charge is 2.36. The average molecular weight is 326 g/mol. The van der Waals surface area contributed by atoms with Crippen molar-refractivity contribution in [3.63, 3.8) is 0 Å². The van der Waals surface area contributed by atoms with Gasteiger partial charge in [-0.1, -0.05) is 62.4 Å². The van der Waals surface area contributed by atoms with Crippen LogP contribution < -0.4 is 4.90 Å². The second-order valence-electron chi connectivity index (χ2n) is 7.17. The molecule has 0 saturated heterocycles. The van der Waals surface area contributed by atoms with Gasteiger partial charge in [0.05, 0.1) is 11.4 Å².